The normalized spacial score (nSPS) is 18.7. The Bertz CT molecular complexity index is 492. The van der Waals surface area contributed by atoms with Crippen molar-refractivity contribution in [3.8, 4) is 0 Å². The first kappa shape index (κ1) is 9.71. The molecule has 0 unspecified atom stereocenters. The highest BCUT2D eigenvalue weighted by atomic mass is 32.2. The Kier molecular flexibility index (Phi) is 2.13. The monoisotopic (exact) mass is 237 g/mol. The van der Waals surface area contributed by atoms with Gasteiger partial charge in [-0.2, -0.15) is 4.98 Å². The van der Waals surface area contributed by atoms with Crippen LogP contribution in [0.3, 0.4) is 0 Å². The first-order chi connectivity index (χ1) is 7.78. The summed E-state index contributed by atoms with van der Waals surface area (Å²) in [6.07, 6.45) is 2.77. The number of amides is 1. The van der Waals surface area contributed by atoms with Crippen LogP contribution in [0.2, 0.25) is 0 Å². The number of nitrogens with zero attached hydrogens (tertiary/aromatic N) is 3. The minimum atomic E-state index is 0.000557. The van der Waals surface area contributed by atoms with Crippen LogP contribution in [0.25, 0.3) is 0 Å². The van der Waals surface area contributed by atoms with Crippen LogP contribution in [-0.4, -0.2) is 33.5 Å². The topological polar surface area (TPSA) is 71.8 Å². The Labute approximate surface area is 96.5 Å². The van der Waals surface area contributed by atoms with Crippen molar-refractivity contribution in [1.82, 2.24) is 20.1 Å². The lowest BCUT2D eigenvalue weighted by Gasteiger charge is -2.25. The molecule has 0 radical (unpaired) electrons. The predicted octanol–water partition coefficient (Wildman–Crippen LogP) is 0.199. The molecular formula is C9H11N5OS. The van der Waals surface area contributed by atoms with Crippen molar-refractivity contribution in [1.29, 1.82) is 0 Å². The quantitative estimate of drug-likeness (QED) is 0.683. The first-order valence-corrected chi connectivity index (χ1v) is 6.26. The molecule has 2 N–H and O–H groups in total. The summed E-state index contributed by atoms with van der Waals surface area (Å²) in [5.74, 6) is 0.735. The SMILES string of the molecule is CSc1nc2n(n1)CC1=C(CCNC1=O)N2. The molecule has 0 aromatic carbocycles. The Morgan fingerprint density at radius 3 is 3.19 bits per heavy atom. The Hall–Kier alpha value is -1.50. The average molecular weight is 237 g/mol. The number of anilines is 1. The molecule has 1 amide bonds. The molecule has 0 saturated carbocycles. The summed E-state index contributed by atoms with van der Waals surface area (Å²) in [4.78, 5) is 16.0. The van der Waals surface area contributed by atoms with Gasteiger partial charge in [-0.3, -0.25) is 4.79 Å². The van der Waals surface area contributed by atoms with Gasteiger partial charge in [0.1, 0.15) is 0 Å². The number of hydrogen-bond acceptors (Lipinski definition) is 5. The van der Waals surface area contributed by atoms with Gasteiger partial charge in [0.15, 0.2) is 0 Å². The van der Waals surface area contributed by atoms with Crippen LogP contribution in [0.5, 0.6) is 0 Å². The second-order valence-electron chi connectivity index (χ2n) is 3.67. The number of carbonyl (C=O) groups excluding carboxylic acids is 1. The number of hydrogen-bond donors (Lipinski definition) is 2. The lowest BCUT2D eigenvalue weighted by atomic mass is 10.1. The van der Waals surface area contributed by atoms with Gasteiger partial charge in [-0.05, 0) is 6.26 Å². The van der Waals surface area contributed by atoms with E-state index in [4.69, 9.17) is 0 Å². The van der Waals surface area contributed by atoms with Gasteiger partial charge in [-0.25, -0.2) is 4.68 Å². The first-order valence-electron chi connectivity index (χ1n) is 5.04. The second-order valence-corrected chi connectivity index (χ2v) is 4.44. The third kappa shape index (κ3) is 1.39. The standard InChI is InChI=1S/C9H11N5OS/c1-16-9-12-8-11-6-2-3-10-7(15)5(6)4-14(8)13-9/h2-4H2,1H3,(H,10,15)(H,11,12,13). The summed E-state index contributed by atoms with van der Waals surface area (Å²) >= 11 is 1.49. The van der Waals surface area contributed by atoms with E-state index in [-0.39, 0.29) is 5.91 Å². The van der Waals surface area contributed by atoms with Crippen molar-refractivity contribution in [3.63, 3.8) is 0 Å². The number of thioether (sulfide) groups is 1. The van der Waals surface area contributed by atoms with E-state index in [0.717, 1.165) is 28.8 Å². The number of rotatable bonds is 1. The van der Waals surface area contributed by atoms with Crippen molar-refractivity contribution >= 4 is 23.6 Å². The minimum absolute atomic E-state index is 0.000557. The molecule has 3 rings (SSSR count). The Morgan fingerprint density at radius 2 is 2.38 bits per heavy atom. The van der Waals surface area contributed by atoms with Crippen molar-refractivity contribution in [3.05, 3.63) is 11.3 Å². The summed E-state index contributed by atoms with van der Waals surface area (Å²) in [6, 6.07) is 0. The van der Waals surface area contributed by atoms with E-state index in [9.17, 15) is 4.79 Å². The molecule has 0 atom stereocenters. The number of carbonyl (C=O) groups is 1. The highest BCUT2D eigenvalue weighted by Crippen LogP contribution is 2.25. The maximum atomic E-state index is 11.6. The van der Waals surface area contributed by atoms with Gasteiger partial charge in [-0.1, -0.05) is 11.8 Å². The van der Waals surface area contributed by atoms with Crippen molar-refractivity contribution < 1.29 is 4.79 Å². The molecule has 0 aliphatic carbocycles. The summed E-state index contributed by atoms with van der Waals surface area (Å²) in [7, 11) is 0. The molecule has 0 bridgehead atoms. The summed E-state index contributed by atoms with van der Waals surface area (Å²) in [5, 5.41) is 11.0. The zero-order valence-corrected chi connectivity index (χ0v) is 9.60. The van der Waals surface area contributed by atoms with Gasteiger partial charge in [0, 0.05) is 18.7 Å². The zero-order chi connectivity index (χ0) is 11.1. The summed E-state index contributed by atoms with van der Waals surface area (Å²) in [5.41, 5.74) is 1.76. The predicted molar refractivity (Wildman–Crippen MR) is 60.1 cm³/mol. The third-order valence-corrected chi connectivity index (χ3v) is 3.24. The molecular weight excluding hydrogens is 226 g/mol. The average Bonchev–Trinajstić information content (AvgIpc) is 2.69. The second kappa shape index (κ2) is 3.51. The van der Waals surface area contributed by atoms with E-state index >= 15 is 0 Å². The highest BCUT2D eigenvalue weighted by molar-refractivity contribution is 7.98. The van der Waals surface area contributed by atoms with E-state index in [0.29, 0.717) is 13.1 Å². The molecule has 16 heavy (non-hydrogen) atoms. The van der Waals surface area contributed by atoms with Crippen molar-refractivity contribution in [2.75, 3.05) is 18.1 Å². The molecule has 1 aromatic heterocycles. The van der Waals surface area contributed by atoms with Crippen LogP contribution < -0.4 is 10.6 Å². The van der Waals surface area contributed by atoms with Crippen LogP contribution in [0, 0.1) is 0 Å². The van der Waals surface area contributed by atoms with Crippen LogP contribution in [0.15, 0.2) is 16.4 Å². The zero-order valence-electron chi connectivity index (χ0n) is 8.78. The Morgan fingerprint density at radius 1 is 1.50 bits per heavy atom. The molecule has 0 fully saturated rings. The van der Waals surface area contributed by atoms with E-state index in [1.54, 1.807) is 4.68 Å². The van der Waals surface area contributed by atoms with Crippen LogP contribution in [-0.2, 0) is 11.3 Å². The van der Waals surface area contributed by atoms with Crippen molar-refractivity contribution in [2.24, 2.45) is 0 Å². The van der Waals surface area contributed by atoms with Gasteiger partial charge < -0.3 is 10.6 Å². The van der Waals surface area contributed by atoms with Gasteiger partial charge in [0.05, 0.1) is 12.1 Å². The summed E-state index contributed by atoms with van der Waals surface area (Å²) < 4.78 is 1.73. The van der Waals surface area contributed by atoms with Crippen LogP contribution in [0.1, 0.15) is 6.42 Å². The van der Waals surface area contributed by atoms with Gasteiger partial charge >= 0.3 is 0 Å². The van der Waals surface area contributed by atoms with Gasteiger partial charge in [0.25, 0.3) is 5.91 Å². The fourth-order valence-corrected chi connectivity index (χ4v) is 2.25. The van der Waals surface area contributed by atoms with E-state index in [1.165, 1.54) is 11.8 Å². The molecule has 0 spiro atoms. The van der Waals surface area contributed by atoms with Gasteiger partial charge in [0.2, 0.25) is 11.1 Å². The van der Waals surface area contributed by atoms with E-state index in [1.807, 2.05) is 6.26 Å². The maximum Gasteiger partial charge on any atom is 0.250 e. The van der Waals surface area contributed by atoms with Crippen LogP contribution in [0.4, 0.5) is 5.95 Å². The molecule has 2 aliphatic heterocycles. The molecule has 2 aliphatic rings. The number of fused-ring (bicyclic) bond motifs is 1. The number of nitrogens with one attached hydrogen (secondary N) is 2. The summed E-state index contributed by atoms with van der Waals surface area (Å²) in [6.45, 7) is 1.20. The highest BCUT2D eigenvalue weighted by Gasteiger charge is 2.27. The third-order valence-electron chi connectivity index (χ3n) is 2.70. The molecule has 0 saturated heterocycles. The smallest absolute Gasteiger partial charge is 0.250 e. The molecule has 84 valence electrons. The molecule has 7 heteroatoms. The van der Waals surface area contributed by atoms with Gasteiger partial charge in [-0.15, -0.1) is 5.10 Å². The largest absolute Gasteiger partial charge is 0.352 e. The lowest BCUT2D eigenvalue weighted by molar-refractivity contribution is -0.118. The fourth-order valence-electron chi connectivity index (χ4n) is 1.90. The Balaban J connectivity index is 1.98. The fraction of sp³-hybridized carbons (Fsp3) is 0.444. The van der Waals surface area contributed by atoms with Crippen molar-refractivity contribution in [2.45, 2.75) is 18.1 Å². The van der Waals surface area contributed by atoms with Crippen LogP contribution >= 0.6 is 11.8 Å². The number of aromatic nitrogens is 3. The molecule has 3 heterocycles. The molecule has 1 aromatic rings. The lowest BCUT2D eigenvalue weighted by Crippen LogP contribution is -2.37. The van der Waals surface area contributed by atoms with E-state index in [2.05, 4.69) is 20.7 Å². The van der Waals surface area contributed by atoms with E-state index < -0.39 is 0 Å². The minimum Gasteiger partial charge on any atom is -0.352 e. The molecule has 6 nitrogen and oxygen atoms in total. The maximum absolute atomic E-state index is 11.6.